The van der Waals surface area contributed by atoms with E-state index in [1.807, 2.05) is 34.6 Å². The number of hydrogen-bond donors (Lipinski definition) is 2. The number of aryl methyl sites for hydroxylation is 1. The minimum absolute atomic E-state index is 0.00327. The molecule has 2 N–H and O–H groups in total. The average Bonchev–Trinajstić information content (AvgIpc) is 2.49. The molecule has 22 heavy (non-hydrogen) atoms. The van der Waals surface area contributed by atoms with Gasteiger partial charge in [-0.25, -0.2) is 0 Å². The highest BCUT2D eigenvalue weighted by Crippen LogP contribution is 2.19. The van der Waals surface area contributed by atoms with Crippen LogP contribution in [-0.2, 0) is 17.6 Å². The lowest BCUT2D eigenvalue weighted by Crippen LogP contribution is -2.37. The third kappa shape index (κ3) is 4.42. The molecular weight excluding hydrogens is 278 g/mol. The highest BCUT2D eigenvalue weighted by Gasteiger charge is 2.20. The van der Waals surface area contributed by atoms with Gasteiger partial charge in [0.05, 0.1) is 5.69 Å². The molecule has 1 aromatic heterocycles. The molecule has 6 heteroatoms. The lowest BCUT2D eigenvalue weighted by Gasteiger charge is -2.18. The Morgan fingerprint density at radius 1 is 1.18 bits per heavy atom. The van der Waals surface area contributed by atoms with Crippen LogP contribution in [0.5, 0.6) is 0 Å². The second-order valence-corrected chi connectivity index (χ2v) is 6.10. The first-order chi connectivity index (χ1) is 10.3. The Morgan fingerprint density at radius 3 is 2.36 bits per heavy atom. The molecule has 0 aliphatic heterocycles. The molecule has 0 fully saturated rings. The van der Waals surface area contributed by atoms with E-state index in [2.05, 4.69) is 26.9 Å². The minimum Gasteiger partial charge on any atom is -0.366 e. The summed E-state index contributed by atoms with van der Waals surface area (Å²) in [5, 5.41) is 23.6. The van der Waals surface area contributed by atoms with Gasteiger partial charge in [0.15, 0.2) is 5.82 Å². The Hall–Kier alpha value is -2.16. The molecule has 0 bridgehead atoms. The molecule has 1 heterocycles. The van der Waals surface area contributed by atoms with Crippen LogP contribution in [0.4, 0.5) is 5.82 Å². The molecule has 0 aromatic carbocycles. The number of nitrogens with one attached hydrogen (secondary N) is 2. The van der Waals surface area contributed by atoms with Gasteiger partial charge in [-0.2, -0.15) is 10.4 Å². The van der Waals surface area contributed by atoms with Crippen LogP contribution in [0.3, 0.4) is 0 Å². The van der Waals surface area contributed by atoms with Gasteiger partial charge in [-0.05, 0) is 18.4 Å². The van der Waals surface area contributed by atoms with Crippen molar-refractivity contribution in [2.75, 3.05) is 18.4 Å². The van der Waals surface area contributed by atoms with Crippen molar-refractivity contribution in [2.45, 2.75) is 47.5 Å². The summed E-state index contributed by atoms with van der Waals surface area (Å²) in [5.41, 5.74) is 1.96. The lowest BCUT2D eigenvalue weighted by atomic mass is 9.96. The Labute approximate surface area is 132 Å². The third-order valence-corrected chi connectivity index (χ3v) is 3.34. The average molecular weight is 303 g/mol. The number of aromatic nitrogens is 2. The quantitative estimate of drug-likeness (QED) is 0.785. The third-order valence-electron chi connectivity index (χ3n) is 3.34. The van der Waals surface area contributed by atoms with Crippen molar-refractivity contribution in [1.29, 1.82) is 5.26 Å². The normalized spacial score (nSPS) is 10.9. The predicted octanol–water partition coefficient (Wildman–Crippen LogP) is 2.05. The molecule has 0 saturated carbocycles. The van der Waals surface area contributed by atoms with Crippen LogP contribution in [-0.4, -0.2) is 29.2 Å². The van der Waals surface area contributed by atoms with Crippen LogP contribution in [0, 0.1) is 16.7 Å². The second-order valence-electron chi connectivity index (χ2n) is 6.10. The zero-order valence-electron chi connectivity index (χ0n) is 14.1. The topological polar surface area (TPSA) is 90.7 Å². The molecule has 1 aromatic rings. The number of carbonyl (C=O) groups is 1. The van der Waals surface area contributed by atoms with Crippen molar-refractivity contribution < 1.29 is 4.79 Å². The summed E-state index contributed by atoms with van der Waals surface area (Å²) in [4.78, 5) is 11.8. The van der Waals surface area contributed by atoms with Crippen LogP contribution in [0.1, 0.15) is 51.4 Å². The number of nitrogens with zero attached hydrogens (tertiary/aromatic N) is 3. The fourth-order valence-electron chi connectivity index (χ4n) is 2.04. The van der Waals surface area contributed by atoms with Crippen molar-refractivity contribution in [1.82, 2.24) is 15.5 Å². The van der Waals surface area contributed by atoms with E-state index in [-0.39, 0.29) is 5.91 Å². The molecule has 6 nitrogen and oxygen atoms in total. The van der Waals surface area contributed by atoms with E-state index in [0.717, 1.165) is 24.1 Å². The summed E-state index contributed by atoms with van der Waals surface area (Å²) in [7, 11) is 0. The Bertz CT molecular complexity index is 569. The highest BCUT2D eigenvalue weighted by molar-refractivity contribution is 5.81. The molecule has 120 valence electrons. The number of anilines is 1. The van der Waals surface area contributed by atoms with E-state index < -0.39 is 5.41 Å². The maximum atomic E-state index is 11.8. The van der Waals surface area contributed by atoms with Crippen molar-refractivity contribution in [2.24, 2.45) is 5.41 Å². The van der Waals surface area contributed by atoms with Crippen LogP contribution in [0.2, 0.25) is 0 Å². The van der Waals surface area contributed by atoms with E-state index in [9.17, 15) is 10.1 Å². The van der Waals surface area contributed by atoms with E-state index in [4.69, 9.17) is 0 Å². The van der Waals surface area contributed by atoms with Crippen molar-refractivity contribution >= 4 is 11.7 Å². The molecule has 0 aliphatic rings. The summed E-state index contributed by atoms with van der Waals surface area (Å²) in [5.74, 6) is 0.484. The van der Waals surface area contributed by atoms with E-state index in [0.29, 0.717) is 24.5 Å². The second kappa shape index (κ2) is 7.74. The van der Waals surface area contributed by atoms with Crippen molar-refractivity contribution in [3.63, 3.8) is 0 Å². The number of carbonyl (C=O) groups excluding carboxylic acids is 1. The van der Waals surface area contributed by atoms with Gasteiger partial charge >= 0.3 is 0 Å². The van der Waals surface area contributed by atoms with Gasteiger partial charge in [-0.15, -0.1) is 5.10 Å². The maximum Gasteiger partial charge on any atom is 0.225 e. The van der Waals surface area contributed by atoms with Gasteiger partial charge in [-0.1, -0.05) is 34.6 Å². The largest absolute Gasteiger partial charge is 0.366 e. The summed E-state index contributed by atoms with van der Waals surface area (Å²) < 4.78 is 0. The highest BCUT2D eigenvalue weighted by atomic mass is 16.2. The Morgan fingerprint density at radius 2 is 1.86 bits per heavy atom. The van der Waals surface area contributed by atoms with Gasteiger partial charge in [0.25, 0.3) is 0 Å². The Kier molecular flexibility index (Phi) is 6.29. The number of amides is 1. The SMILES string of the molecule is CCc1nnc(NCCNC(=O)C(C)(C)C)c(C#N)c1CC. The Balaban J connectivity index is 2.71. The molecule has 1 rings (SSSR count). The van der Waals surface area contributed by atoms with Crippen molar-refractivity contribution in [3.05, 3.63) is 16.8 Å². The minimum atomic E-state index is -0.407. The van der Waals surface area contributed by atoms with Crippen molar-refractivity contribution in [3.8, 4) is 6.07 Å². The zero-order chi connectivity index (χ0) is 16.8. The number of nitriles is 1. The van der Waals surface area contributed by atoms with Gasteiger partial charge in [0, 0.05) is 18.5 Å². The first-order valence-corrected chi connectivity index (χ1v) is 7.65. The smallest absolute Gasteiger partial charge is 0.225 e. The van der Waals surface area contributed by atoms with E-state index in [1.54, 1.807) is 0 Å². The number of rotatable bonds is 6. The summed E-state index contributed by atoms with van der Waals surface area (Å²) >= 11 is 0. The van der Waals surface area contributed by atoms with Gasteiger partial charge in [0.2, 0.25) is 5.91 Å². The molecule has 0 radical (unpaired) electrons. The standard InChI is InChI=1S/C16H25N5O/c1-6-11-12(10-17)14(21-20-13(11)7-2)18-8-9-19-15(22)16(3,4)5/h6-9H2,1-5H3,(H,18,21)(H,19,22). The molecular formula is C16H25N5O. The van der Waals surface area contributed by atoms with Gasteiger partial charge in [-0.3, -0.25) is 4.79 Å². The zero-order valence-corrected chi connectivity index (χ0v) is 14.1. The van der Waals surface area contributed by atoms with Gasteiger partial charge in [0.1, 0.15) is 11.6 Å². The molecule has 0 unspecified atom stereocenters. The fourth-order valence-corrected chi connectivity index (χ4v) is 2.04. The van der Waals surface area contributed by atoms with Crippen LogP contribution < -0.4 is 10.6 Å². The molecule has 0 saturated heterocycles. The first-order valence-electron chi connectivity index (χ1n) is 7.65. The fraction of sp³-hybridized carbons (Fsp3) is 0.625. The molecule has 0 spiro atoms. The summed E-state index contributed by atoms with van der Waals surface area (Å²) in [6.45, 7) is 10.6. The van der Waals surface area contributed by atoms with Crippen LogP contribution in [0.25, 0.3) is 0 Å². The number of hydrogen-bond acceptors (Lipinski definition) is 5. The van der Waals surface area contributed by atoms with E-state index in [1.165, 1.54) is 0 Å². The van der Waals surface area contributed by atoms with Crippen LogP contribution in [0.15, 0.2) is 0 Å². The summed E-state index contributed by atoms with van der Waals surface area (Å²) in [6, 6.07) is 2.21. The van der Waals surface area contributed by atoms with E-state index >= 15 is 0 Å². The molecule has 0 aliphatic carbocycles. The maximum absolute atomic E-state index is 11.8. The predicted molar refractivity (Wildman–Crippen MR) is 86.5 cm³/mol. The monoisotopic (exact) mass is 303 g/mol. The molecule has 0 atom stereocenters. The lowest BCUT2D eigenvalue weighted by molar-refractivity contribution is -0.128. The summed E-state index contributed by atoms with van der Waals surface area (Å²) in [6.07, 6.45) is 1.50. The first kappa shape index (κ1) is 17.9. The van der Waals surface area contributed by atoms with Crippen LogP contribution >= 0.6 is 0 Å². The molecule has 1 amide bonds. The van der Waals surface area contributed by atoms with Gasteiger partial charge < -0.3 is 10.6 Å².